The Morgan fingerprint density at radius 2 is 2.26 bits per heavy atom. The van der Waals surface area contributed by atoms with Crippen molar-refractivity contribution in [3.05, 3.63) is 31.0 Å². The van der Waals surface area contributed by atoms with Crippen LogP contribution in [0.5, 0.6) is 0 Å². The van der Waals surface area contributed by atoms with Gasteiger partial charge in [0.2, 0.25) is 5.91 Å². The Morgan fingerprint density at radius 1 is 1.35 bits per heavy atom. The van der Waals surface area contributed by atoms with E-state index >= 15 is 0 Å². The van der Waals surface area contributed by atoms with Crippen molar-refractivity contribution in [3.63, 3.8) is 0 Å². The second-order valence-electron chi connectivity index (χ2n) is 5.18. The van der Waals surface area contributed by atoms with Gasteiger partial charge >= 0.3 is 6.03 Å². The molecular weight excluding hydrogens is 298 g/mol. The van der Waals surface area contributed by atoms with Gasteiger partial charge in [0, 0.05) is 6.54 Å². The normalized spacial score (nSPS) is 17.9. The molecule has 120 valence electrons. The first-order valence-corrected chi connectivity index (χ1v) is 7.38. The molecule has 0 saturated carbocycles. The fourth-order valence-corrected chi connectivity index (χ4v) is 2.32. The monoisotopic (exact) mass is 315 g/mol. The highest BCUT2D eigenvalue weighted by Gasteiger charge is 2.22. The molecule has 3 rings (SSSR count). The third kappa shape index (κ3) is 3.82. The number of carbonyl (C=O) groups excluding carboxylic acids is 2. The largest absolute Gasteiger partial charge is 0.354 e. The number of urea groups is 1. The SMILES string of the molecule is O=C(Nc1ccc(-n2cncn2)nc1)NC1CCCCNC1=O. The number of nitrogens with one attached hydrogen (secondary N) is 3. The van der Waals surface area contributed by atoms with Crippen LogP contribution in [0.2, 0.25) is 0 Å². The first-order chi connectivity index (χ1) is 11.2. The molecule has 1 unspecified atom stereocenters. The number of carbonyl (C=O) groups is 2. The van der Waals surface area contributed by atoms with Crippen molar-refractivity contribution in [2.24, 2.45) is 0 Å². The van der Waals surface area contributed by atoms with E-state index in [1.54, 1.807) is 12.1 Å². The number of hydrogen-bond acceptors (Lipinski definition) is 5. The number of anilines is 1. The molecule has 2 aromatic heterocycles. The lowest BCUT2D eigenvalue weighted by atomic mass is 10.1. The average Bonchev–Trinajstić information content (AvgIpc) is 3.01. The summed E-state index contributed by atoms with van der Waals surface area (Å²) in [6.45, 7) is 0.659. The Labute approximate surface area is 132 Å². The van der Waals surface area contributed by atoms with E-state index in [0.29, 0.717) is 24.5 Å². The summed E-state index contributed by atoms with van der Waals surface area (Å²) in [6.07, 6.45) is 6.94. The standard InChI is InChI=1S/C14H17N7O2/c22-13-11(3-1-2-6-16-13)20-14(23)19-10-4-5-12(17-7-10)21-9-15-8-18-21/h4-5,7-9,11H,1-3,6H2,(H,16,22)(H2,19,20,23). The van der Waals surface area contributed by atoms with Crippen molar-refractivity contribution in [2.75, 3.05) is 11.9 Å². The van der Waals surface area contributed by atoms with Crippen LogP contribution < -0.4 is 16.0 Å². The van der Waals surface area contributed by atoms with Gasteiger partial charge in [-0.3, -0.25) is 4.79 Å². The number of aromatic nitrogens is 4. The molecule has 1 fully saturated rings. The van der Waals surface area contributed by atoms with E-state index in [1.165, 1.54) is 23.5 Å². The molecule has 1 aliphatic rings. The predicted octanol–water partition coefficient (Wildman–Crippen LogP) is 0.452. The second-order valence-corrected chi connectivity index (χ2v) is 5.18. The lowest BCUT2D eigenvalue weighted by Crippen LogP contribution is -2.47. The van der Waals surface area contributed by atoms with E-state index in [9.17, 15) is 9.59 Å². The second kappa shape index (κ2) is 6.86. The first-order valence-electron chi connectivity index (χ1n) is 7.38. The van der Waals surface area contributed by atoms with Crippen LogP contribution in [0.4, 0.5) is 10.5 Å². The zero-order valence-corrected chi connectivity index (χ0v) is 12.4. The smallest absolute Gasteiger partial charge is 0.319 e. The van der Waals surface area contributed by atoms with Crippen LogP contribution in [0.15, 0.2) is 31.0 Å². The van der Waals surface area contributed by atoms with E-state index in [-0.39, 0.29) is 5.91 Å². The highest BCUT2D eigenvalue weighted by atomic mass is 16.2. The molecule has 0 bridgehead atoms. The van der Waals surface area contributed by atoms with Crippen molar-refractivity contribution in [3.8, 4) is 5.82 Å². The summed E-state index contributed by atoms with van der Waals surface area (Å²) in [7, 11) is 0. The van der Waals surface area contributed by atoms with Gasteiger partial charge in [0.1, 0.15) is 18.7 Å². The van der Waals surface area contributed by atoms with Crippen molar-refractivity contribution in [1.29, 1.82) is 0 Å². The summed E-state index contributed by atoms with van der Waals surface area (Å²) in [5, 5.41) is 12.1. The molecule has 3 amide bonds. The fraction of sp³-hybridized carbons (Fsp3) is 0.357. The maximum absolute atomic E-state index is 12.0. The third-order valence-electron chi connectivity index (χ3n) is 3.50. The predicted molar refractivity (Wildman–Crippen MR) is 82.0 cm³/mol. The molecule has 0 spiro atoms. The maximum Gasteiger partial charge on any atom is 0.319 e. The van der Waals surface area contributed by atoms with Crippen molar-refractivity contribution in [2.45, 2.75) is 25.3 Å². The van der Waals surface area contributed by atoms with Crippen molar-refractivity contribution in [1.82, 2.24) is 30.4 Å². The van der Waals surface area contributed by atoms with Gasteiger partial charge < -0.3 is 16.0 Å². The third-order valence-corrected chi connectivity index (χ3v) is 3.50. The molecule has 1 atom stereocenters. The van der Waals surface area contributed by atoms with Crippen LogP contribution in [0, 0.1) is 0 Å². The van der Waals surface area contributed by atoms with Crippen LogP contribution in [-0.4, -0.2) is 44.3 Å². The number of amides is 3. The van der Waals surface area contributed by atoms with Crippen molar-refractivity contribution >= 4 is 17.6 Å². The van der Waals surface area contributed by atoms with Gasteiger partial charge in [-0.05, 0) is 31.4 Å². The van der Waals surface area contributed by atoms with Gasteiger partial charge in [0.05, 0.1) is 11.9 Å². The summed E-state index contributed by atoms with van der Waals surface area (Å²) < 4.78 is 1.51. The first kappa shape index (κ1) is 14.9. The molecule has 3 N–H and O–H groups in total. The number of rotatable bonds is 3. The summed E-state index contributed by atoms with van der Waals surface area (Å²) in [4.78, 5) is 31.8. The lowest BCUT2D eigenvalue weighted by molar-refractivity contribution is -0.122. The molecule has 3 heterocycles. The Balaban J connectivity index is 1.58. The van der Waals surface area contributed by atoms with Gasteiger partial charge in [0.25, 0.3) is 0 Å². The Kier molecular flexibility index (Phi) is 4.46. The van der Waals surface area contributed by atoms with Crippen molar-refractivity contribution < 1.29 is 9.59 Å². The maximum atomic E-state index is 12.0. The van der Waals surface area contributed by atoms with Gasteiger partial charge in [-0.15, -0.1) is 0 Å². The lowest BCUT2D eigenvalue weighted by Gasteiger charge is -2.15. The van der Waals surface area contributed by atoms with Crippen LogP contribution in [-0.2, 0) is 4.79 Å². The van der Waals surface area contributed by atoms with E-state index in [0.717, 1.165) is 12.8 Å². The van der Waals surface area contributed by atoms with Gasteiger partial charge in [-0.25, -0.2) is 19.4 Å². The average molecular weight is 315 g/mol. The summed E-state index contributed by atoms with van der Waals surface area (Å²) >= 11 is 0. The highest BCUT2D eigenvalue weighted by molar-refractivity contribution is 5.93. The summed E-state index contributed by atoms with van der Waals surface area (Å²) in [6, 6.07) is 2.49. The summed E-state index contributed by atoms with van der Waals surface area (Å²) in [5.74, 6) is 0.453. The van der Waals surface area contributed by atoms with E-state index in [4.69, 9.17) is 0 Å². The number of pyridine rings is 1. The van der Waals surface area contributed by atoms with E-state index in [2.05, 4.69) is 31.0 Å². The Hall–Kier alpha value is -2.97. The molecule has 9 heteroatoms. The molecule has 1 aliphatic heterocycles. The highest BCUT2D eigenvalue weighted by Crippen LogP contribution is 2.09. The van der Waals surface area contributed by atoms with Crippen LogP contribution in [0.25, 0.3) is 5.82 Å². The van der Waals surface area contributed by atoms with E-state index < -0.39 is 12.1 Å². The molecular formula is C14H17N7O2. The minimum atomic E-state index is -0.500. The van der Waals surface area contributed by atoms with Crippen LogP contribution >= 0.6 is 0 Å². The zero-order chi connectivity index (χ0) is 16.1. The van der Waals surface area contributed by atoms with Crippen LogP contribution in [0.3, 0.4) is 0 Å². The minimum Gasteiger partial charge on any atom is -0.354 e. The Bertz CT molecular complexity index is 669. The molecule has 0 aliphatic carbocycles. The summed E-state index contributed by atoms with van der Waals surface area (Å²) in [5.41, 5.74) is 0.528. The Morgan fingerprint density at radius 3 is 3.00 bits per heavy atom. The molecule has 2 aromatic rings. The minimum absolute atomic E-state index is 0.141. The van der Waals surface area contributed by atoms with E-state index in [1.807, 2.05) is 0 Å². The molecule has 23 heavy (non-hydrogen) atoms. The number of hydrogen-bond donors (Lipinski definition) is 3. The molecule has 0 radical (unpaired) electrons. The molecule has 9 nitrogen and oxygen atoms in total. The van der Waals surface area contributed by atoms with Crippen LogP contribution in [0.1, 0.15) is 19.3 Å². The number of nitrogens with zero attached hydrogens (tertiary/aromatic N) is 4. The van der Waals surface area contributed by atoms with Gasteiger partial charge in [-0.2, -0.15) is 5.10 Å². The topological polar surface area (TPSA) is 114 Å². The molecule has 1 saturated heterocycles. The zero-order valence-electron chi connectivity index (χ0n) is 12.4. The molecule has 0 aromatic carbocycles. The quantitative estimate of drug-likeness (QED) is 0.761. The fourth-order valence-electron chi connectivity index (χ4n) is 2.32. The van der Waals surface area contributed by atoms with Gasteiger partial charge in [-0.1, -0.05) is 0 Å². The van der Waals surface area contributed by atoms with Gasteiger partial charge in [0.15, 0.2) is 5.82 Å².